The molecule has 0 aromatic carbocycles. The molecule has 3 atom stereocenters. The van der Waals surface area contributed by atoms with Crippen LogP contribution in [0.3, 0.4) is 0 Å². The van der Waals surface area contributed by atoms with Gasteiger partial charge in [0.25, 0.3) is 0 Å². The fourth-order valence-electron chi connectivity index (χ4n) is 2.20. The zero-order valence-corrected chi connectivity index (χ0v) is 10.2. The highest BCUT2D eigenvalue weighted by Gasteiger charge is 2.48. The molecule has 0 heterocycles. The van der Waals surface area contributed by atoms with Gasteiger partial charge in [0, 0.05) is 6.04 Å². The third kappa shape index (κ3) is 2.97. The van der Waals surface area contributed by atoms with Gasteiger partial charge in [-0.2, -0.15) is 0 Å². The van der Waals surface area contributed by atoms with Crippen molar-refractivity contribution in [3.05, 3.63) is 0 Å². The normalized spacial score (nSPS) is 25.2. The quantitative estimate of drug-likeness (QED) is 0.725. The number of nitrogens with one attached hydrogen (secondary N) is 1. The number of carbonyl (C=O) groups excluding carboxylic acids is 1. The van der Waals surface area contributed by atoms with Gasteiger partial charge < -0.3 is 10.4 Å². The Bertz CT molecular complexity index is 273. The van der Waals surface area contributed by atoms with Crippen molar-refractivity contribution in [3.8, 4) is 0 Å². The lowest BCUT2D eigenvalue weighted by atomic mass is 9.95. The highest BCUT2D eigenvalue weighted by Crippen LogP contribution is 2.38. The molecule has 0 spiro atoms. The average Bonchev–Trinajstić information content (AvgIpc) is 2.98. The van der Waals surface area contributed by atoms with Gasteiger partial charge in [0.15, 0.2) is 0 Å². The molecule has 0 aromatic rings. The van der Waals surface area contributed by atoms with Crippen molar-refractivity contribution >= 4 is 11.9 Å². The Kier molecular flexibility index (Phi) is 4.33. The fourth-order valence-corrected chi connectivity index (χ4v) is 2.20. The zero-order chi connectivity index (χ0) is 12.3. The van der Waals surface area contributed by atoms with Gasteiger partial charge in [0.05, 0.1) is 11.8 Å². The summed E-state index contributed by atoms with van der Waals surface area (Å²) in [6.45, 7) is 6.20. The first-order chi connectivity index (χ1) is 7.51. The lowest BCUT2D eigenvalue weighted by Crippen LogP contribution is -2.39. The van der Waals surface area contributed by atoms with E-state index in [1.807, 2.05) is 6.92 Å². The number of carbonyl (C=O) groups is 2. The van der Waals surface area contributed by atoms with Gasteiger partial charge in [0.1, 0.15) is 0 Å². The van der Waals surface area contributed by atoms with Gasteiger partial charge in [-0.25, -0.2) is 0 Å². The Morgan fingerprint density at radius 1 is 1.31 bits per heavy atom. The van der Waals surface area contributed by atoms with E-state index in [4.69, 9.17) is 5.11 Å². The first-order valence-corrected chi connectivity index (χ1v) is 6.04. The van der Waals surface area contributed by atoms with E-state index in [0.717, 1.165) is 12.8 Å². The van der Waals surface area contributed by atoms with Gasteiger partial charge in [-0.3, -0.25) is 9.59 Å². The molecule has 4 heteroatoms. The Morgan fingerprint density at radius 2 is 1.88 bits per heavy atom. The van der Waals surface area contributed by atoms with Crippen molar-refractivity contribution in [2.24, 2.45) is 17.8 Å². The van der Waals surface area contributed by atoms with Crippen LogP contribution in [0, 0.1) is 17.8 Å². The second kappa shape index (κ2) is 5.32. The Morgan fingerprint density at radius 3 is 2.25 bits per heavy atom. The van der Waals surface area contributed by atoms with Crippen molar-refractivity contribution in [2.75, 3.05) is 0 Å². The van der Waals surface area contributed by atoms with Crippen LogP contribution in [0.15, 0.2) is 0 Å². The molecule has 2 N–H and O–H groups in total. The molecule has 0 saturated heterocycles. The summed E-state index contributed by atoms with van der Waals surface area (Å²) in [5.41, 5.74) is 0. The van der Waals surface area contributed by atoms with E-state index in [1.54, 1.807) is 0 Å². The van der Waals surface area contributed by atoms with Crippen molar-refractivity contribution in [3.63, 3.8) is 0 Å². The van der Waals surface area contributed by atoms with Crippen LogP contribution in [-0.4, -0.2) is 23.0 Å². The number of hydrogen-bond acceptors (Lipinski definition) is 2. The summed E-state index contributed by atoms with van der Waals surface area (Å²) in [5, 5.41) is 11.7. The number of carboxylic acids is 1. The third-order valence-electron chi connectivity index (χ3n) is 3.57. The average molecular weight is 227 g/mol. The molecule has 1 aliphatic carbocycles. The summed E-state index contributed by atoms with van der Waals surface area (Å²) < 4.78 is 0. The van der Waals surface area contributed by atoms with Crippen LogP contribution >= 0.6 is 0 Å². The largest absolute Gasteiger partial charge is 0.481 e. The summed E-state index contributed by atoms with van der Waals surface area (Å²) >= 11 is 0. The first kappa shape index (κ1) is 13.0. The van der Waals surface area contributed by atoms with Gasteiger partial charge in [0.2, 0.25) is 5.91 Å². The van der Waals surface area contributed by atoms with E-state index in [0.29, 0.717) is 12.3 Å². The van der Waals surface area contributed by atoms with E-state index in [9.17, 15) is 9.59 Å². The molecule has 1 amide bonds. The smallest absolute Gasteiger partial charge is 0.307 e. The van der Waals surface area contributed by atoms with E-state index in [-0.39, 0.29) is 17.9 Å². The lowest BCUT2D eigenvalue weighted by molar-refractivity contribution is -0.140. The minimum absolute atomic E-state index is 0.0909. The van der Waals surface area contributed by atoms with Gasteiger partial charge in [-0.05, 0) is 19.3 Å². The number of carboxylic acid groups (broad SMARTS) is 1. The van der Waals surface area contributed by atoms with E-state index < -0.39 is 11.9 Å². The second-order valence-electron chi connectivity index (χ2n) is 4.66. The molecule has 1 aliphatic rings. The summed E-state index contributed by atoms with van der Waals surface area (Å²) in [7, 11) is 0. The predicted octanol–water partition coefficient (Wildman–Crippen LogP) is 1.65. The molecule has 1 rings (SSSR count). The number of aliphatic carboxylic acids is 1. The molecule has 0 aromatic heterocycles. The van der Waals surface area contributed by atoms with E-state index >= 15 is 0 Å². The molecule has 3 unspecified atom stereocenters. The van der Waals surface area contributed by atoms with Crippen molar-refractivity contribution in [2.45, 2.75) is 46.1 Å². The summed E-state index contributed by atoms with van der Waals surface area (Å²) in [6, 6.07) is 0.137. The zero-order valence-electron chi connectivity index (χ0n) is 10.2. The molecule has 16 heavy (non-hydrogen) atoms. The molecule has 1 saturated carbocycles. The molecule has 0 bridgehead atoms. The maximum absolute atomic E-state index is 11.7. The number of hydrogen-bond donors (Lipinski definition) is 2. The lowest BCUT2D eigenvalue weighted by Gasteiger charge is -2.22. The van der Waals surface area contributed by atoms with Crippen LogP contribution in [0.25, 0.3) is 0 Å². The maximum Gasteiger partial charge on any atom is 0.307 e. The Labute approximate surface area is 96.4 Å². The molecular weight excluding hydrogens is 206 g/mol. The van der Waals surface area contributed by atoms with Crippen LogP contribution < -0.4 is 5.32 Å². The van der Waals surface area contributed by atoms with Crippen molar-refractivity contribution in [1.82, 2.24) is 5.32 Å². The summed E-state index contributed by atoms with van der Waals surface area (Å²) in [6.07, 6.45) is 2.56. The summed E-state index contributed by atoms with van der Waals surface area (Å²) in [5.74, 6) is -1.21. The van der Waals surface area contributed by atoms with Crippen molar-refractivity contribution < 1.29 is 14.7 Å². The fraction of sp³-hybridized carbons (Fsp3) is 0.833. The summed E-state index contributed by atoms with van der Waals surface area (Å²) in [4.78, 5) is 22.3. The van der Waals surface area contributed by atoms with Crippen LogP contribution in [0.4, 0.5) is 0 Å². The van der Waals surface area contributed by atoms with Gasteiger partial charge >= 0.3 is 5.97 Å². The minimum Gasteiger partial charge on any atom is -0.481 e. The molecule has 1 fully saturated rings. The molecule has 0 aliphatic heterocycles. The number of amides is 1. The Hall–Kier alpha value is -1.06. The SMILES string of the molecule is CCC(CC)C(C)NC(=O)C1CC1C(=O)O. The van der Waals surface area contributed by atoms with E-state index in [1.165, 1.54) is 0 Å². The highest BCUT2D eigenvalue weighted by atomic mass is 16.4. The number of rotatable bonds is 6. The molecular formula is C12H21NO3. The van der Waals surface area contributed by atoms with Crippen LogP contribution in [0.1, 0.15) is 40.0 Å². The maximum atomic E-state index is 11.7. The topological polar surface area (TPSA) is 66.4 Å². The minimum atomic E-state index is -0.852. The molecule has 92 valence electrons. The first-order valence-electron chi connectivity index (χ1n) is 6.04. The standard InChI is InChI=1S/C12H21NO3/c1-4-8(5-2)7(3)13-11(14)9-6-10(9)12(15)16/h7-10H,4-6H2,1-3H3,(H,13,14)(H,15,16). The van der Waals surface area contributed by atoms with Crippen LogP contribution in [0.2, 0.25) is 0 Å². The van der Waals surface area contributed by atoms with Crippen LogP contribution in [-0.2, 0) is 9.59 Å². The van der Waals surface area contributed by atoms with Gasteiger partial charge in [-0.1, -0.05) is 26.7 Å². The molecule has 4 nitrogen and oxygen atoms in total. The van der Waals surface area contributed by atoms with Crippen LogP contribution in [0.5, 0.6) is 0 Å². The Balaban J connectivity index is 2.38. The third-order valence-corrected chi connectivity index (χ3v) is 3.57. The van der Waals surface area contributed by atoms with E-state index in [2.05, 4.69) is 19.2 Å². The second-order valence-corrected chi connectivity index (χ2v) is 4.66. The molecule has 0 radical (unpaired) electrons. The predicted molar refractivity (Wildman–Crippen MR) is 60.9 cm³/mol. The highest BCUT2D eigenvalue weighted by molar-refractivity contribution is 5.89. The van der Waals surface area contributed by atoms with Gasteiger partial charge in [-0.15, -0.1) is 0 Å². The monoisotopic (exact) mass is 227 g/mol. The van der Waals surface area contributed by atoms with Crippen molar-refractivity contribution in [1.29, 1.82) is 0 Å².